The average molecular weight is 422 g/mol. The van der Waals surface area contributed by atoms with Crippen molar-refractivity contribution < 1.29 is 17.9 Å². The summed E-state index contributed by atoms with van der Waals surface area (Å²) in [4.78, 5) is 15.2. The number of rotatable bonds is 5. The van der Waals surface area contributed by atoms with Crippen LogP contribution in [-0.4, -0.2) is 58.0 Å². The highest BCUT2D eigenvalue weighted by atomic mass is 32.2. The summed E-state index contributed by atoms with van der Waals surface area (Å²) < 4.78 is 33.0. The third kappa shape index (κ3) is 4.59. The van der Waals surface area contributed by atoms with Crippen LogP contribution in [0.4, 0.5) is 11.4 Å². The lowest BCUT2D eigenvalue weighted by atomic mass is 10.2. The van der Waals surface area contributed by atoms with Gasteiger partial charge in [-0.3, -0.25) is 4.79 Å². The Balaban J connectivity index is 1.65. The standard InChI is InChI=1S/C21H31N3O4S/c1-16-14-18(16)21(25)22-19-15-17(29(26,27)24-10-12-28-13-11-24)6-7-20(19)23-8-4-2-3-5-9-23/h6-7,15-16,18H,2-5,8-14H2,1H3,(H,22,25). The molecule has 2 heterocycles. The SMILES string of the molecule is CC1CC1C(=O)Nc1cc(S(=O)(=O)N2CCOCC2)ccc1N1CCCCCC1. The number of benzene rings is 1. The zero-order valence-corrected chi connectivity index (χ0v) is 17.9. The molecule has 2 saturated heterocycles. The summed E-state index contributed by atoms with van der Waals surface area (Å²) in [5, 5.41) is 3.05. The molecule has 2 unspecified atom stereocenters. The van der Waals surface area contributed by atoms with E-state index in [1.54, 1.807) is 12.1 Å². The van der Waals surface area contributed by atoms with Crippen molar-refractivity contribution in [2.75, 3.05) is 49.6 Å². The van der Waals surface area contributed by atoms with Gasteiger partial charge in [-0.2, -0.15) is 4.31 Å². The first-order valence-corrected chi connectivity index (χ1v) is 12.2. The number of carbonyl (C=O) groups is 1. The van der Waals surface area contributed by atoms with Crippen LogP contribution in [0.1, 0.15) is 39.0 Å². The predicted octanol–water partition coefficient (Wildman–Crippen LogP) is 2.68. The topological polar surface area (TPSA) is 79.0 Å². The molecule has 160 valence electrons. The van der Waals surface area contributed by atoms with Crippen LogP contribution in [0.5, 0.6) is 0 Å². The summed E-state index contributed by atoms with van der Waals surface area (Å²) >= 11 is 0. The third-order valence-electron chi connectivity index (χ3n) is 6.23. The third-order valence-corrected chi connectivity index (χ3v) is 8.12. The monoisotopic (exact) mass is 421 g/mol. The van der Waals surface area contributed by atoms with Crippen molar-refractivity contribution in [1.82, 2.24) is 4.31 Å². The van der Waals surface area contributed by atoms with E-state index in [-0.39, 0.29) is 16.7 Å². The molecule has 1 aromatic carbocycles. The molecule has 7 nitrogen and oxygen atoms in total. The molecule has 3 fully saturated rings. The lowest BCUT2D eigenvalue weighted by Gasteiger charge is -2.28. The molecule has 2 atom stereocenters. The Morgan fingerprint density at radius 1 is 1.07 bits per heavy atom. The molecule has 1 saturated carbocycles. The summed E-state index contributed by atoms with van der Waals surface area (Å²) in [6.07, 6.45) is 5.54. The summed E-state index contributed by atoms with van der Waals surface area (Å²) in [6, 6.07) is 5.20. The Labute approximate surface area is 173 Å². The Morgan fingerprint density at radius 3 is 2.34 bits per heavy atom. The maximum atomic E-state index is 13.1. The first kappa shape index (κ1) is 20.6. The van der Waals surface area contributed by atoms with Gasteiger partial charge in [0.1, 0.15) is 0 Å². The molecule has 0 radical (unpaired) electrons. The van der Waals surface area contributed by atoms with Crippen molar-refractivity contribution in [1.29, 1.82) is 0 Å². The van der Waals surface area contributed by atoms with Crippen LogP contribution >= 0.6 is 0 Å². The predicted molar refractivity (Wildman–Crippen MR) is 113 cm³/mol. The largest absolute Gasteiger partial charge is 0.379 e. The lowest BCUT2D eigenvalue weighted by molar-refractivity contribution is -0.117. The van der Waals surface area contributed by atoms with Gasteiger partial charge in [0.05, 0.1) is 29.5 Å². The lowest BCUT2D eigenvalue weighted by Crippen LogP contribution is -2.40. The van der Waals surface area contributed by atoms with Crippen LogP contribution in [0.2, 0.25) is 0 Å². The number of ether oxygens (including phenoxy) is 1. The average Bonchev–Trinajstić information content (AvgIpc) is 3.51. The zero-order chi connectivity index (χ0) is 20.4. The minimum Gasteiger partial charge on any atom is -0.379 e. The molecule has 0 spiro atoms. The molecule has 2 aliphatic heterocycles. The smallest absolute Gasteiger partial charge is 0.243 e. The second-order valence-corrected chi connectivity index (χ2v) is 10.3. The Hall–Kier alpha value is -1.64. The molecule has 8 heteroatoms. The minimum atomic E-state index is -3.61. The molecule has 1 N–H and O–H groups in total. The van der Waals surface area contributed by atoms with E-state index in [0.29, 0.717) is 37.9 Å². The van der Waals surface area contributed by atoms with Crippen molar-refractivity contribution >= 4 is 27.3 Å². The van der Waals surface area contributed by atoms with Crippen molar-refractivity contribution in [3.05, 3.63) is 18.2 Å². The number of anilines is 2. The van der Waals surface area contributed by atoms with Crippen LogP contribution in [0, 0.1) is 11.8 Å². The number of amides is 1. The summed E-state index contributed by atoms with van der Waals surface area (Å²) in [5.74, 6) is 0.429. The van der Waals surface area contributed by atoms with E-state index in [1.165, 1.54) is 17.1 Å². The van der Waals surface area contributed by atoms with E-state index in [9.17, 15) is 13.2 Å². The van der Waals surface area contributed by atoms with Gasteiger partial charge in [-0.15, -0.1) is 0 Å². The normalized spacial score (nSPS) is 26.0. The maximum absolute atomic E-state index is 13.1. The zero-order valence-electron chi connectivity index (χ0n) is 17.1. The van der Waals surface area contributed by atoms with Crippen molar-refractivity contribution in [2.24, 2.45) is 11.8 Å². The quantitative estimate of drug-likeness (QED) is 0.791. The molecule has 4 rings (SSSR count). The molecule has 0 bridgehead atoms. The molecule has 1 aromatic rings. The number of sulfonamides is 1. The van der Waals surface area contributed by atoms with E-state index in [2.05, 4.69) is 17.1 Å². The fourth-order valence-corrected chi connectivity index (χ4v) is 5.65. The first-order valence-electron chi connectivity index (χ1n) is 10.7. The van der Waals surface area contributed by atoms with Gasteiger partial charge < -0.3 is 15.0 Å². The fraction of sp³-hybridized carbons (Fsp3) is 0.667. The summed E-state index contributed by atoms with van der Waals surface area (Å²) in [7, 11) is -3.61. The molecule has 1 amide bonds. The Bertz CT molecular complexity index is 843. The van der Waals surface area contributed by atoms with Crippen LogP contribution < -0.4 is 10.2 Å². The van der Waals surface area contributed by atoms with Crippen molar-refractivity contribution in [3.63, 3.8) is 0 Å². The molecule has 1 aliphatic carbocycles. The second-order valence-electron chi connectivity index (χ2n) is 8.41. The van der Waals surface area contributed by atoms with Crippen molar-refractivity contribution in [3.8, 4) is 0 Å². The number of carbonyl (C=O) groups excluding carboxylic acids is 1. The molecular weight excluding hydrogens is 390 g/mol. The highest BCUT2D eigenvalue weighted by Crippen LogP contribution is 2.40. The van der Waals surface area contributed by atoms with Crippen LogP contribution in [0.15, 0.2) is 23.1 Å². The number of morpholine rings is 1. The van der Waals surface area contributed by atoms with Crippen molar-refractivity contribution in [2.45, 2.75) is 43.9 Å². The van der Waals surface area contributed by atoms with E-state index < -0.39 is 10.0 Å². The maximum Gasteiger partial charge on any atom is 0.243 e. The summed E-state index contributed by atoms with van der Waals surface area (Å²) in [5.41, 5.74) is 1.54. The van der Waals surface area contributed by atoms with Crippen LogP contribution in [-0.2, 0) is 19.6 Å². The molecule has 29 heavy (non-hydrogen) atoms. The minimum absolute atomic E-state index is 0.00510. The number of hydrogen-bond acceptors (Lipinski definition) is 5. The van der Waals surface area contributed by atoms with E-state index in [1.807, 2.05) is 6.07 Å². The number of nitrogens with one attached hydrogen (secondary N) is 1. The molecule has 3 aliphatic rings. The van der Waals surface area contributed by atoms with Gasteiger partial charge >= 0.3 is 0 Å². The number of hydrogen-bond donors (Lipinski definition) is 1. The van der Waals surface area contributed by atoms with E-state index >= 15 is 0 Å². The van der Waals surface area contributed by atoms with Gasteiger partial charge in [-0.05, 0) is 43.4 Å². The van der Waals surface area contributed by atoms with Gasteiger partial charge in [0.15, 0.2) is 0 Å². The highest BCUT2D eigenvalue weighted by molar-refractivity contribution is 7.89. The molecular formula is C21H31N3O4S. The second kappa shape index (κ2) is 8.62. The van der Waals surface area contributed by atoms with Gasteiger partial charge in [0.2, 0.25) is 15.9 Å². The van der Waals surface area contributed by atoms with Gasteiger partial charge in [0, 0.05) is 32.1 Å². The van der Waals surface area contributed by atoms with Crippen LogP contribution in [0.25, 0.3) is 0 Å². The summed E-state index contributed by atoms with van der Waals surface area (Å²) in [6.45, 7) is 5.47. The fourth-order valence-electron chi connectivity index (χ4n) is 4.21. The Morgan fingerprint density at radius 2 is 1.72 bits per heavy atom. The van der Waals surface area contributed by atoms with Crippen LogP contribution in [0.3, 0.4) is 0 Å². The molecule has 0 aromatic heterocycles. The van der Waals surface area contributed by atoms with Gasteiger partial charge in [0.25, 0.3) is 0 Å². The van der Waals surface area contributed by atoms with E-state index in [4.69, 9.17) is 4.74 Å². The number of nitrogens with zero attached hydrogens (tertiary/aromatic N) is 2. The van der Waals surface area contributed by atoms with Gasteiger partial charge in [-0.25, -0.2) is 8.42 Å². The van der Waals surface area contributed by atoms with E-state index in [0.717, 1.165) is 38.0 Å². The highest BCUT2D eigenvalue weighted by Gasteiger charge is 2.39. The first-order chi connectivity index (χ1) is 14.0. The van der Waals surface area contributed by atoms with Gasteiger partial charge in [-0.1, -0.05) is 19.8 Å². The Kier molecular flexibility index (Phi) is 6.13.